The number of furan rings is 1. The van der Waals surface area contributed by atoms with E-state index in [-0.39, 0.29) is 18.0 Å². The zero-order valence-corrected chi connectivity index (χ0v) is 13.3. The molecule has 0 fully saturated rings. The number of anilines is 1. The normalized spacial score (nSPS) is 11.1. The predicted molar refractivity (Wildman–Crippen MR) is 91.2 cm³/mol. The van der Waals surface area contributed by atoms with E-state index in [1.807, 2.05) is 18.2 Å². The number of para-hydroxylation sites is 1. The first-order valence-electron chi connectivity index (χ1n) is 7.58. The lowest BCUT2D eigenvalue weighted by molar-refractivity contribution is -0.116. The summed E-state index contributed by atoms with van der Waals surface area (Å²) in [4.78, 5) is 29.1. The van der Waals surface area contributed by atoms with Crippen molar-refractivity contribution in [3.63, 3.8) is 0 Å². The van der Waals surface area contributed by atoms with Gasteiger partial charge in [0.1, 0.15) is 17.6 Å². The Kier molecular flexibility index (Phi) is 3.50. The molecule has 1 aromatic carbocycles. The standard InChI is InChI=1S/C17H13N5O3/c1-10-12(6-7-19-21-10)20-14(23)8-22-9-18-15-11-4-2-3-5-13(11)25-16(15)17(22)24/h2-7,9H,8H2,1H3,(H,19,20,23). The van der Waals surface area contributed by atoms with Crippen LogP contribution in [0.25, 0.3) is 22.1 Å². The Balaban J connectivity index is 1.67. The summed E-state index contributed by atoms with van der Waals surface area (Å²) in [6.45, 7) is 1.55. The molecule has 8 heteroatoms. The SMILES string of the molecule is Cc1nnccc1NC(=O)Cn1cnc2c(oc3ccccc32)c1=O. The number of benzene rings is 1. The van der Waals surface area contributed by atoms with Crippen molar-refractivity contribution in [2.45, 2.75) is 13.5 Å². The Morgan fingerprint density at radius 3 is 2.96 bits per heavy atom. The van der Waals surface area contributed by atoms with Crippen LogP contribution in [0.2, 0.25) is 0 Å². The molecule has 1 amide bonds. The number of rotatable bonds is 3. The van der Waals surface area contributed by atoms with Gasteiger partial charge in [0.25, 0.3) is 5.56 Å². The fraction of sp³-hybridized carbons (Fsp3) is 0.118. The summed E-state index contributed by atoms with van der Waals surface area (Å²) in [7, 11) is 0. The molecule has 0 saturated carbocycles. The summed E-state index contributed by atoms with van der Waals surface area (Å²) in [5, 5.41) is 11.1. The first-order valence-corrected chi connectivity index (χ1v) is 7.58. The fourth-order valence-corrected chi connectivity index (χ4v) is 2.61. The molecule has 0 unspecified atom stereocenters. The lowest BCUT2D eigenvalue weighted by Gasteiger charge is -2.08. The largest absolute Gasteiger partial charge is 0.448 e. The average Bonchev–Trinajstić information content (AvgIpc) is 2.99. The van der Waals surface area contributed by atoms with Gasteiger partial charge in [0.05, 0.1) is 23.9 Å². The van der Waals surface area contributed by atoms with Gasteiger partial charge in [0.2, 0.25) is 11.5 Å². The second-order valence-electron chi connectivity index (χ2n) is 5.53. The van der Waals surface area contributed by atoms with Gasteiger partial charge in [0.15, 0.2) is 0 Å². The summed E-state index contributed by atoms with van der Waals surface area (Å²) in [5.41, 5.74) is 1.95. The van der Waals surface area contributed by atoms with Crippen LogP contribution in [0.5, 0.6) is 0 Å². The topological polar surface area (TPSA) is 103 Å². The lowest BCUT2D eigenvalue weighted by Crippen LogP contribution is -2.27. The van der Waals surface area contributed by atoms with Gasteiger partial charge < -0.3 is 9.73 Å². The highest BCUT2D eigenvalue weighted by molar-refractivity contribution is 6.01. The van der Waals surface area contributed by atoms with Crippen LogP contribution < -0.4 is 10.9 Å². The molecule has 0 atom stereocenters. The third kappa shape index (κ3) is 2.63. The van der Waals surface area contributed by atoms with E-state index < -0.39 is 5.56 Å². The van der Waals surface area contributed by atoms with Gasteiger partial charge in [-0.2, -0.15) is 10.2 Å². The quantitative estimate of drug-likeness (QED) is 0.613. The molecule has 0 bridgehead atoms. The summed E-state index contributed by atoms with van der Waals surface area (Å²) in [5.74, 6) is -0.365. The van der Waals surface area contributed by atoms with Crippen molar-refractivity contribution >= 4 is 33.7 Å². The highest BCUT2D eigenvalue weighted by Gasteiger charge is 2.15. The molecule has 1 N–H and O–H groups in total. The Labute approximate surface area is 141 Å². The van der Waals surface area contributed by atoms with Gasteiger partial charge >= 0.3 is 0 Å². The van der Waals surface area contributed by atoms with Crippen molar-refractivity contribution in [3.8, 4) is 0 Å². The van der Waals surface area contributed by atoms with E-state index in [2.05, 4.69) is 20.5 Å². The molecule has 0 spiro atoms. The van der Waals surface area contributed by atoms with E-state index >= 15 is 0 Å². The zero-order chi connectivity index (χ0) is 17.4. The van der Waals surface area contributed by atoms with Crippen LogP contribution in [0.3, 0.4) is 0 Å². The van der Waals surface area contributed by atoms with Gasteiger partial charge in [-0.1, -0.05) is 12.1 Å². The Morgan fingerprint density at radius 2 is 2.12 bits per heavy atom. The molecule has 0 aliphatic carbocycles. The van der Waals surface area contributed by atoms with Crippen LogP contribution in [0, 0.1) is 6.92 Å². The first-order chi connectivity index (χ1) is 12.1. The van der Waals surface area contributed by atoms with Gasteiger partial charge in [-0.05, 0) is 25.1 Å². The summed E-state index contributed by atoms with van der Waals surface area (Å²) >= 11 is 0. The molecule has 0 saturated heterocycles. The molecule has 8 nitrogen and oxygen atoms in total. The first kappa shape index (κ1) is 15.0. The molecule has 4 aromatic rings. The van der Waals surface area contributed by atoms with E-state index in [0.717, 1.165) is 5.39 Å². The number of carbonyl (C=O) groups excluding carboxylic acids is 1. The minimum Gasteiger partial charge on any atom is -0.448 e. The number of aromatic nitrogens is 4. The molecule has 124 valence electrons. The third-order valence-corrected chi connectivity index (χ3v) is 3.84. The van der Waals surface area contributed by atoms with E-state index in [0.29, 0.717) is 22.5 Å². The van der Waals surface area contributed by atoms with Crippen LogP contribution >= 0.6 is 0 Å². The fourth-order valence-electron chi connectivity index (χ4n) is 2.61. The Morgan fingerprint density at radius 1 is 1.28 bits per heavy atom. The highest BCUT2D eigenvalue weighted by Crippen LogP contribution is 2.24. The number of fused-ring (bicyclic) bond motifs is 3. The number of nitrogens with one attached hydrogen (secondary N) is 1. The molecular weight excluding hydrogens is 322 g/mol. The van der Waals surface area contributed by atoms with Gasteiger partial charge in [0, 0.05) is 5.39 Å². The third-order valence-electron chi connectivity index (χ3n) is 3.84. The Bertz CT molecular complexity index is 1160. The summed E-state index contributed by atoms with van der Waals surface area (Å²) in [6, 6.07) is 8.92. The highest BCUT2D eigenvalue weighted by atomic mass is 16.3. The molecule has 3 heterocycles. The monoisotopic (exact) mass is 335 g/mol. The van der Waals surface area contributed by atoms with Crippen molar-refractivity contribution < 1.29 is 9.21 Å². The maximum absolute atomic E-state index is 12.6. The van der Waals surface area contributed by atoms with Crippen molar-refractivity contribution in [2.24, 2.45) is 0 Å². The second kappa shape index (κ2) is 5.82. The van der Waals surface area contributed by atoms with Crippen LogP contribution in [0.15, 0.2) is 52.1 Å². The van der Waals surface area contributed by atoms with Crippen LogP contribution in [0.4, 0.5) is 5.69 Å². The molecule has 0 aliphatic heterocycles. The summed E-state index contributed by atoms with van der Waals surface area (Å²) in [6.07, 6.45) is 2.83. The second-order valence-corrected chi connectivity index (χ2v) is 5.53. The van der Waals surface area contributed by atoms with E-state index in [1.54, 1.807) is 19.1 Å². The number of hydrogen-bond donors (Lipinski definition) is 1. The Hall–Kier alpha value is -3.55. The van der Waals surface area contributed by atoms with Crippen molar-refractivity contribution in [1.29, 1.82) is 0 Å². The zero-order valence-electron chi connectivity index (χ0n) is 13.3. The van der Waals surface area contributed by atoms with Crippen LogP contribution in [0.1, 0.15) is 5.69 Å². The van der Waals surface area contributed by atoms with Crippen LogP contribution in [-0.4, -0.2) is 25.7 Å². The number of hydrogen-bond acceptors (Lipinski definition) is 6. The van der Waals surface area contributed by atoms with E-state index in [4.69, 9.17) is 4.42 Å². The molecule has 0 radical (unpaired) electrons. The van der Waals surface area contributed by atoms with Gasteiger partial charge in [-0.15, -0.1) is 0 Å². The maximum Gasteiger partial charge on any atom is 0.297 e. The average molecular weight is 335 g/mol. The number of amides is 1. The van der Waals surface area contributed by atoms with Crippen molar-refractivity contribution in [1.82, 2.24) is 19.7 Å². The molecule has 4 rings (SSSR count). The van der Waals surface area contributed by atoms with Gasteiger partial charge in [-0.25, -0.2) is 4.98 Å². The molecular formula is C17H13N5O3. The molecule has 3 aromatic heterocycles. The predicted octanol–water partition coefficient (Wildman–Crippen LogP) is 1.88. The van der Waals surface area contributed by atoms with Crippen molar-refractivity contribution in [2.75, 3.05) is 5.32 Å². The number of aryl methyl sites for hydroxylation is 1. The minimum absolute atomic E-state index is 0.137. The molecule has 25 heavy (non-hydrogen) atoms. The molecule has 0 aliphatic rings. The van der Waals surface area contributed by atoms with Crippen molar-refractivity contribution in [3.05, 3.63) is 58.9 Å². The van der Waals surface area contributed by atoms with E-state index in [1.165, 1.54) is 17.1 Å². The number of carbonyl (C=O) groups is 1. The van der Waals surface area contributed by atoms with Gasteiger partial charge in [-0.3, -0.25) is 14.2 Å². The lowest BCUT2D eigenvalue weighted by atomic mass is 10.2. The van der Waals surface area contributed by atoms with Crippen LogP contribution in [-0.2, 0) is 11.3 Å². The van der Waals surface area contributed by atoms with E-state index in [9.17, 15) is 9.59 Å². The summed E-state index contributed by atoms with van der Waals surface area (Å²) < 4.78 is 6.81. The minimum atomic E-state index is -0.402. The number of nitrogens with zero attached hydrogens (tertiary/aromatic N) is 4. The maximum atomic E-state index is 12.6. The smallest absolute Gasteiger partial charge is 0.297 e.